The Balaban J connectivity index is 0.00000336. The highest BCUT2D eigenvalue weighted by Crippen LogP contribution is 2.42. The zero-order valence-corrected chi connectivity index (χ0v) is 20.5. The van der Waals surface area contributed by atoms with Gasteiger partial charge in [-0.25, -0.2) is 9.37 Å². The first-order valence-corrected chi connectivity index (χ1v) is 11.2. The molecule has 0 unspecified atom stereocenters. The Labute approximate surface area is 222 Å². The number of aromatic nitrogens is 3. The van der Waals surface area contributed by atoms with Crippen LogP contribution in [0.3, 0.4) is 0 Å². The predicted molar refractivity (Wildman–Crippen MR) is 144 cm³/mol. The van der Waals surface area contributed by atoms with Gasteiger partial charge in [0.25, 0.3) is 5.91 Å². The van der Waals surface area contributed by atoms with Gasteiger partial charge in [0.15, 0.2) is 0 Å². The lowest BCUT2D eigenvalue weighted by Crippen LogP contribution is -2.23. The highest BCUT2D eigenvalue weighted by atomic mass is 35.5. The summed E-state index contributed by atoms with van der Waals surface area (Å²) >= 11 is 0. The highest BCUT2D eigenvalue weighted by Gasteiger charge is 2.21. The van der Waals surface area contributed by atoms with Gasteiger partial charge in [-0.15, -0.1) is 12.4 Å². The van der Waals surface area contributed by atoms with Crippen LogP contribution in [0.4, 0.5) is 4.39 Å². The number of phenolic OH excluding ortho intramolecular Hbond substituents is 2. The topological polar surface area (TPSA) is 161 Å². The van der Waals surface area contributed by atoms with Crippen LogP contribution in [0.25, 0.3) is 33.5 Å². The number of amides is 1. The van der Waals surface area contributed by atoms with Crippen molar-refractivity contribution < 1.29 is 19.4 Å². The molecule has 3 aromatic carbocycles. The van der Waals surface area contributed by atoms with Crippen molar-refractivity contribution in [3.63, 3.8) is 0 Å². The molecular weight excluding hydrogens is 511 g/mol. The summed E-state index contributed by atoms with van der Waals surface area (Å²) in [5.41, 5.74) is 8.40. The molecule has 192 valence electrons. The second-order valence-corrected chi connectivity index (χ2v) is 8.35. The molecule has 0 radical (unpaired) electrons. The van der Waals surface area contributed by atoms with Crippen LogP contribution in [0.5, 0.6) is 11.5 Å². The lowest BCUT2D eigenvalue weighted by molar-refractivity contribution is 0.0951. The van der Waals surface area contributed by atoms with Crippen molar-refractivity contribution >= 4 is 35.2 Å². The second-order valence-electron chi connectivity index (χ2n) is 8.35. The van der Waals surface area contributed by atoms with E-state index in [1.807, 2.05) is 0 Å². The van der Waals surface area contributed by atoms with E-state index in [1.165, 1.54) is 18.2 Å². The molecule has 0 aliphatic carbocycles. The number of H-pyrrole nitrogens is 1. The fourth-order valence-corrected chi connectivity index (χ4v) is 3.97. The fraction of sp³-hybridized carbons (Fsp3) is 0.0370. The molecule has 0 fully saturated rings. The van der Waals surface area contributed by atoms with E-state index in [0.717, 1.165) is 17.7 Å². The van der Waals surface area contributed by atoms with Gasteiger partial charge in [0.05, 0.1) is 16.6 Å². The molecule has 0 atom stereocenters. The molecule has 38 heavy (non-hydrogen) atoms. The van der Waals surface area contributed by atoms with Crippen LogP contribution in [-0.4, -0.2) is 36.9 Å². The number of halogens is 2. The van der Waals surface area contributed by atoms with Crippen LogP contribution >= 0.6 is 12.4 Å². The SMILES string of the molecule is Cl.N=C(N)c1ccc2nc(-c3cc(C(=O)NCc4ccncc4)cc(-c4cc(F)ccc4O)c3O)[nH]c2c1. The van der Waals surface area contributed by atoms with Crippen LogP contribution < -0.4 is 11.1 Å². The van der Waals surface area contributed by atoms with Gasteiger partial charge < -0.3 is 26.2 Å². The number of phenols is 2. The first kappa shape index (κ1) is 26.1. The Kier molecular flexibility index (Phi) is 7.26. The third-order valence-corrected chi connectivity index (χ3v) is 5.87. The number of nitrogens with zero attached hydrogens (tertiary/aromatic N) is 2. The van der Waals surface area contributed by atoms with Gasteiger partial charge in [0.1, 0.15) is 29.0 Å². The summed E-state index contributed by atoms with van der Waals surface area (Å²) in [5, 5.41) is 32.1. The van der Waals surface area contributed by atoms with E-state index in [-0.39, 0.29) is 64.4 Å². The van der Waals surface area contributed by atoms with Gasteiger partial charge in [0, 0.05) is 41.2 Å². The number of nitrogens with one attached hydrogen (secondary N) is 3. The van der Waals surface area contributed by atoms with Gasteiger partial charge in [-0.2, -0.15) is 0 Å². The number of nitrogens with two attached hydrogens (primary N) is 1. The van der Waals surface area contributed by atoms with E-state index in [2.05, 4.69) is 20.3 Å². The minimum atomic E-state index is -0.623. The number of carbonyl (C=O) groups excluding carboxylic acids is 1. The van der Waals surface area contributed by atoms with Crippen LogP contribution in [0, 0.1) is 11.2 Å². The molecule has 0 saturated carbocycles. The number of amidine groups is 1. The quantitative estimate of drug-likeness (QED) is 0.140. The number of aromatic hydroxyl groups is 2. The minimum absolute atomic E-state index is 0. The second kappa shape index (κ2) is 10.6. The van der Waals surface area contributed by atoms with Gasteiger partial charge >= 0.3 is 0 Å². The van der Waals surface area contributed by atoms with Gasteiger partial charge in [-0.3, -0.25) is 15.2 Å². The maximum Gasteiger partial charge on any atom is 0.251 e. The molecule has 2 heterocycles. The number of carbonyl (C=O) groups is 1. The lowest BCUT2D eigenvalue weighted by Gasteiger charge is -2.14. The van der Waals surface area contributed by atoms with Crippen molar-refractivity contribution in [1.82, 2.24) is 20.3 Å². The number of imidazole rings is 1. The molecule has 9 nitrogen and oxygen atoms in total. The number of benzene rings is 3. The maximum atomic E-state index is 14.1. The summed E-state index contributed by atoms with van der Waals surface area (Å²) in [6, 6.07) is 14.7. The molecule has 2 aromatic heterocycles. The predicted octanol–water partition coefficient (Wildman–Crippen LogP) is 4.48. The smallest absolute Gasteiger partial charge is 0.251 e. The zero-order chi connectivity index (χ0) is 26.1. The third kappa shape index (κ3) is 5.11. The monoisotopic (exact) mass is 532 g/mol. The van der Waals surface area contributed by atoms with Gasteiger partial charge in [0.2, 0.25) is 0 Å². The largest absolute Gasteiger partial charge is 0.507 e. The summed E-state index contributed by atoms with van der Waals surface area (Å²) in [4.78, 5) is 24.7. The van der Waals surface area contributed by atoms with Crippen LogP contribution in [0.15, 0.2) is 73.1 Å². The Bertz CT molecular complexity index is 1670. The first-order valence-electron chi connectivity index (χ1n) is 11.2. The van der Waals surface area contributed by atoms with Crippen molar-refractivity contribution in [2.75, 3.05) is 0 Å². The summed E-state index contributed by atoms with van der Waals surface area (Å²) < 4.78 is 14.1. The summed E-state index contributed by atoms with van der Waals surface area (Å²) in [5.74, 6) is -1.54. The van der Waals surface area contributed by atoms with Gasteiger partial charge in [-0.1, -0.05) is 0 Å². The summed E-state index contributed by atoms with van der Waals surface area (Å²) in [6.07, 6.45) is 3.23. The summed E-state index contributed by atoms with van der Waals surface area (Å²) in [6.45, 7) is 0.233. The Morgan fingerprint density at radius 3 is 2.45 bits per heavy atom. The van der Waals surface area contributed by atoms with E-state index >= 15 is 0 Å². The molecule has 0 aliphatic rings. The highest BCUT2D eigenvalue weighted by molar-refractivity contribution is 6.00. The number of hydrogen-bond acceptors (Lipinski definition) is 6. The molecule has 0 spiro atoms. The Morgan fingerprint density at radius 1 is 0.974 bits per heavy atom. The fourth-order valence-electron chi connectivity index (χ4n) is 3.97. The Morgan fingerprint density at radius 2 is 1.71 bits per heavy atom. The molecular formula is C27H22ClFN6O3. The summed E-state index contributed by atoms with van der Waals surface area (Å²) in [7, 11) is 0. The number of nitrogen functional groups attached to an aromatic ring is 1. The average Bonchev–Trinajstić information content (AvgIpc) is 3.32. The minimum Gasteiger partial charge on any atom is -0.507 e. The van der Waals surface area contributed by atoms with Crippen LogP contribution in [-0.2, 0) is 6.54 Å². The first-order chi connectivity index (χ1) is 17.8. The number of pyridine rings is 1. The van der Waals surface area contributed by atoms with Crippen molar-refractivity contribution in [3.05, 3.63) is 95.6 Å². The number of hydrogen-bond donors (Lipinski definition) is 6. The van der Waals surface area contributed by atoms with Gasteiger partial charge in [-0.05, 0) is 66.2 Å². The van der Waals surface area contributed by atoms with E-state index < -0.39 is 11.7 Å². The van der Waals surface area contributed by atoms with Crippen molar-refractivity contribution in [1.29, 1.82) is 5.41 Å². The normalized spacial score (nSPS) is 10.7. The Hall–Kier alpha value is -4.96. The molecule has 0 saturated heterocycles. The molecule has 5 aromatic rings. The van der Waals surface area contributed by atoms with Crippen molar-refractivity contribution in [2.45, 2.75) is 6.54 Å². The van der Waals surface area contributed by atoms with Crippen molar-refractivity contribution in [3.8, 4) is 34.0 Å². The zero-order valence-electron chi connectivity index (χ0n) is 19.7. The standard InChI is InChI=1S/C27H21FN6O3.ClH/c28-17-2-4-23(35)18(12-17)19-9-16(27(37)32-13-14-5-7-31-8-6-14)10-20(24(19)36)26-33-21-3-1-15(25(29)30)11-22(21)34-26;/h1-12,35-36H,13H2,(H3,29,30)(H,32,37)(H,33,34);1H. The number of fused-ring (bicyclic) bond motifs is 1. The van der Waals surface area contributed by atoms with E-state index in [0.29, 0.717) is 16.6 Å². The average molecular weight is 533 g/mol. The van der Waals surface area contributed by atoms with E-state index in [9.17, 15) is 19.4 Å². The van der Waals surface area contributed by atoms with Crippen LogP contribution in [0.1, 0.15) is 21.5 Å². The molecule has 0 aliphatic heterocycles. The molecule has 7 N–H and O–H groups in total. The number of aromatic amines is 1. The molecule has 1 amide bonds. The maximum absolute atomic E-state index is 14.1. The lowest BCUT2D eigenvalue weighted by atomic mass is 9.96. The van der Waals surface area contributed by atoms with E-state index in [1.54, 1.807) is 42.7 Å². The molecule has 0 bridgehead atoms. The third-order valence-electron chi connectivity index (χ3n) is 5.87. The van der Waals surface area contributed by atoms with E-state index in [4.69, 9.17) is 11.1 Å². The molecule has 5 rings (SSSR count). The molecule has 11 heteroatoms. The number of rotatable bonds is 6. The van der Waals surface area contributed by atoms with Crippen LogP contribution in [0.2, 0.25) is 0 Å². The van der Waals surface area contributed by atoms with Crippen molar-refractivity contribution in [2.24, 2.45) is 5.73 Å².